The number of rotatable bonds is 5. The first kappa shape index (κ1) is 20.1. The molecule has 0 aliphatic carbocycles. The van der Waals surface area contributed by atoms with Crippen LogP contribution in [0.4, 0.5) is 5.69 Å². The van der Waals surface area contributed by atoms with Crippen molar-refractivity contribution in [1.82, 2.24) is 4.98 Å². The highest BCUT2D eigenvalue weighted by atomic mass is 32.1. The summed E-state index contributed by atoms with van der Waals surface area (Å²) in [4.78, 5) is 31.3. The van der Waals surface area contributed by atoms with Crippen LogP contribution in [0.3, 0.4) is 0 Å². The van der Waals surface area contributed by atoms with Crippen molar-refractivity contribution >= 4 is 28.9 Å². The summed E-state index contributed by atoms with van der Waals surface area (Å²) in [6.45, 7) is 4.22. The van der Waals surface area contributed by atoms with Crippen LogP contribution in [-0.4, -0.2) is 30.1 Å². The number of methoxy groups -OCH3 is 1. The van der Waals surface area contributed by atoms with Crippen molar-refractivity contribution in [3.8, 4) is 17.0 Å². The third-order valence-electron chi connectivity index (χ3n) is 5.03. The van der Waals surface area contributed by atoms with Gasteiger partial charge in [0.2, 0.25) is 0 Å². The monoisotopic (exact) mass is 422 g/mol. The molecule has 2 aromatic carbocycles. The van der Waals surface area contributed by atoms with Gasteiger partial charge in [-0.25, -0.2) is 9.78 Å². The van der Waals surface area contributed by atoms with Crippen LogP contribution in [0.25, 0.3) is 11.3 Å². The Kier molecular flexibility index (Phi) is 5.55. The first-order chi connectivity index (χ1) is 14.5. The standard InChI is InChI=1S/C23H22N2O4S/c1-4-20-22(26)25(12-15-6-5-7-17(10-15)23(27)28-3)19-11-16(8-9-21(19)29-20)18-13-30-14(2)24-18/h5-11,13,20H,4,12H2,1-3H3. The quantitative estimate of drug-likeness (QED) is 0.562. The average molecular weight is 423 g/mol. The maximum atomic E-state index is 13.1. The van der Waals surface area contributed by atoms with Crippen molar-refractivity contribution in [1.29, 1.82) is 0 Å². The van der Waals surface area contributed by atoms with E-state index >= 15 is 0 Å². The molecule has 0 radical (unpaired) electrons. The molecule has 0 fully saturated rings. The van der Waals surface area contributed by atoms with Crippen molar-refractivity contribution in [2.24, 2.45) is 0 Å². The zero-order valence-electron chi connectivity index (χ0n) is 17.0. The van der Waals surface area contributed by atoms with E-state index in [2.05, 4.69) is 4.98 Å². The number of amides is 1. The number of benzene rings is 2. The van der Waals surface area contributed by atoms with Crippen LogP contribution in [0.5, 0.6) is 5.75 Å². The average Bonchev–Trinajstić information content (AvgIpc) is 3.21. The molecule has 1 unspecified atom stereocenters. The summed E-state index contributed by atoms with van der Waals surface area (Å²) >= 11 is 1.58. The summed E-state index contributed by atoms with van der Waals surface area (Å²) < 4.78 is 10.8. The van der Waals surface area contributed by atoms with E-state index < -0.39 is 12.1 Å². The minimum Gasteiger partial charge on any atom is -0.478 e. The molecule has 1 atom stereocenters. The lowest BCUT2D eigenvalue weighted by molar-refractivity contribution is -0.126. The molecular weight excluding hydrogens is 400 g/mol. The molecule has 154 valence electrons. The number of aryl methyl sites for hydroxylation is 1. The Morgan fingerprint density at radius 3 is 2.80 bits per heavy atom. The predicted molar refractivity (Wildman–Crippen MR) is 116 cm³/mol. The number of carbonyl (C=O) groups is 2. The molecule has 1 aromatic heterocycles. The van der Waals surface area contributed by atoms with Gasteiger partial charge in [-0.15, -0.1) is 11.3 Å². The van der Waals surface area contributed by atoms with E-state index in [9.17, 15) is 9.59 Å². The second-order valence-electron chi connectivity index (χ2n) is 7.07. The molecule has 2 heterocycles. The smallest absolute Gasteiger partial charge is 0.337 e. The number of nitrogens with zero attached hydrogens (tertiary/aromatic N) is 2. The van der Waals surface area contributed by atoms with Gasteiger partial charge >= 0.3 is 5.97 Å². The van der Waals surface area contributed by atoms with Gasteiger partial charge in [0.05, 0.1) is 35.6 Å². The maximum absolute atomic E-state index is 13.1. The van der Waals surface area contributed by atoms with Crippen LogP contribution in [0, 0.1) is 6.92 Å². The topological polar surface area (TPSA) is 68.7 Å². The SMILES string of the molecule is CCC1Oc2ccc(-c3csc(C)n3)cc2N(Cc2cccc(C(=O)OC)c2)C1=O. The Bertz CT molecular complexity index is 1110. The molecule has 30 heavy (non-hydrogen) atoms. The lowest BCUT2D eigenvalue weighted by Crippen LogP contribution is -2.45. The second-order valence-corrected chi connectivity index (χ2v) is 8.13. The molecule has 0 saturated carbocycles. The summed E-state index contributed by atoms with van der Waals surface area (Å²) in [6.07, 6.45) is 0.0398. The highest BCUT2D eigenvalue weighted by Crippen LogP contribution is 2.39. The Morgan fingerprint density at radius 1 is 1.27 bits per heavy atom. The Morgan fingerprint density at radius 2 is 2.10 bits per heavy atom. The molecule has 0 saturated heterocycles. The largest absolute Gasteiger partial charge is 0.478 e. The zero-order chi connectivity index (χ0) is 21.3. The van der Waals surface area contributed by atoms with Gasteiger partial charge in [0.15, 0.2) is 6.10 Å². The lowest BCUT2D eigenvalue weighted by atomic mass is 10.0. The number of ether oxygens (including phenoxy) is 2. The maximum Gasteiger partial charge on any atom is 0.337 e. The van der Waals surface area contributed by atoms with E-state index in [1.807, 2.05) is 43.5 Å². The molecule has 0 spiro atoms. The summed E-state index contributed by atoms with van der Waals surface area (Å²) in [5, 5.41) is 2.99. The van der Waals surface area contributed by atoms with Gasteiger partial charge in [0.25, 0.3) is 5.91 Å². The fraction of sp³-hybridized carbons (Fsp3) is 0.261. The molecular formula is C23H22N2O4S. The number of esters is 1. The van der Waals surface area contributed by atoms with E-state index in [0.717, 1.165) is 21.8 Å². The van der Waals surface area contributed by atoms with Crippen LogP contribution >= 0.6 is 11.3 Å². The Balaban J connectivity index is 1.73. The van der Waals surface area contributed by atoms with Crippen molar-refractivity contribution in [2.45, 2.75) is 32.9 Å². The van der Waals surface area contributed by atoms with Crippen molar-refractivity contribution < 1.29 is 19.1 Å². The van der Waals surface area contributed by atoms with Crippen molar-refractivity contribution in [3.63, 3.8) is 0 Å². The van der Waals surface area contributed by atoms with Crippen molar-refractivity contribution in [2.75, 3.05) is 12.0 Å². The van der Waals surface area contributed by atoms with Gasteiger partial charge in [0.1, 0.15) is 5.75 Å². The number of thiazole rings is 1. The van der Waals surface area contributed by atoms with Crippen LogP contribution in [-0.2, 0) is 16.1 Å². The van der Waals surface area contributed by atoms with E-state index in [1.165, 1.54) is 7.11 Å². The molecule has 0 N–H and O–H groups in total. The lowest BCUT2D eigenvalue weighted by Gasteiger charge is -2.34. The van der Waals surface area contributed by atoms with E-state index in [0.29, 0.717) is 30.0 Å². The minimum absolute atomic E-state index is 0.0971. The molecule has 4 rings (SSSR count). The van der Waals surface area contributed by atoms with Crippen LogP contribution in [0.1, 0.15) is 34.3 Å². The van der Waals surface area contributed by atoms with Crippen LogP contribution in [0.15, 0.2) is 47.8 Å². The number of fused-ring (bicyclic) bond motifs is 1. The van der Waals surface area contributed by atoms with Gasteiger partial charge in [-0.1, -0.05) is 19.1 Å². The summed E-state index contributed by atoms with van der Waals surface area (Å²) in [5.41, 5.74) is 3.80. The van der Waals surface area contributed by atoms with Crippen molar-refractivity contribution in [3.05, 3.63) is 64.0 Å². The molecule has 7 heteroatoms. The highest BCUT2D eigenvalue weighted by molar-refractivity contribution is 7.09. The fourth-order valence-electron chi connectivity index (χ4n) is 3.50. The number of hydrogen-bond acceptors (Lipinski definition) is 6. The number of carbonyl (C=O) groups excluding carboxylic acids is 2. The molecule has 3 aromatic rings. The summed E-state index contributed by atoms with van der Waals surface area (Å²) in [5.74, 6) is 0.166. The first-order valence-electron chi connectivity index (χ1n) is 9.72. The van der Waals surface area contributed by atoms with Gasteiger partial charge in [0, 0.05) is 10.9 Å². The van der Waals surface area contributed by atoms with E-state index in [1.54, 1.807) is 34.4 Å². The molecule has 1 aliphatic heterocycles. The van der Waals surface area contributed by atoms with E-state index in [-0.39, 0.29) is 5.91 Å². The minimum atomic E-state index is -0.534. The first-order valence-corrected chi connectivity index (χ1v) is 10.6. The molecule has 6 nitrogen and oxygen atoms in total. The Labute approximate surface area is 179 Å². The predicted octanol–water partition coefficient (Wildman–Crippen LogP) is 4.61. The molecule has 1 amide bonds. The van der Waals surface area contributed by atoms with Crippen LogP contribution < -0.4 is 9.64 Å². The van der Waals surface area contributed by atoms with Gasteiger partial charge in [-0.2, -0.15) is 0 Å². The summed E-state index contributed by atoms with van der Waals surface area (Å²) in [7, 11) is 1.35. The third kappa shape index (κ3) is 3.80. The zero-order valence-corrected chi connectivity index (χ0v) is 17.9. The van der Waals surface area contributed by atoms with E-state index in [4.69, 9.17) is 9.47 Å². The number of aromatic nitrogens is 1. The third-order valence-corrected chi connectivity index (χ3v) is 5.81. The Hall–Kier alpha value is -3.19. The van der Waals surface area contributed by atoms with Gasteiger partial charge in [-0.05, 0) is 49.2 Å². The number of anilines is 1. The van der Waals surface area contributed by atoms with Gasteiger partial charge < -0.3 is 14.4 Å². The number of hydrogen-bond donors (Lipinski definition) is 0. The normalized spacial score (nSPS) is 15.5. The second kappa shape index (κ2) is 8.28. The molecule has 0 bridgehead atoms. The molecule has 1 aliphatic rings. The van der Waals surface area contributed by atoms with Gasteiger partial charge in [-0.3, -0.25) is 4.79 Å². The highest BCUT2D eigenvalue weighted by Gasteiger charge is 2.33. The fourth-order valence-corrected chi connectivity index (χ4v) is 4.12. The van der Waals surface area contributed by atoms with Crippen LogP contribution in [0.2, 0.25) is 0 Å². The summed E-state index contributed by atoms with van der Waals surface area (Å²) in [6, 6.07) is 12.9.